The molecular weight excluding hydrogens is 272 g/mol. The van der Waals surface area contributed by atoms with Crippen LogP contribution < -0.4 is 5.32 Å². The van der Waals surface area contributed by atoms with E-state index in [1.807, 2.05) is 12.2 Å². The Morgan fingerprint density at radius 1 is 1.44 bits per heavy atom. The average Bonchev–Trinajstić information content (AvgIpc) is 2.17. The van der Waals surface area contributed by atoms with Crippen molar-refractivity contribution in [1.29, 1.82) is 0 Å². The molecule has 0 bridgehead atoms. The number of hydrogen-bond acceptors (Lipinski definition) is 2. The van der Waals surface area contributed by atoms with Gasteiger partial charge in [0.2, 0.25) is 0 Å². The molecule has 6 heteroatoms. The molecule has 0 saturated carbocycles. The van der Waals surface area contributed by atoms with E-state index in [0.717, 1.165) is 12.0 Å². The lowest BCUT2D eigenvalue weighted by Gasteiger charge is -2.29. The number of halogens is 3. The predicted molar refractivity (Wildman–Crippen MR) is 66.2 cm³/mol. The van der Waals surface area contributed by atoms with Gasteiger partial charge in [0, 0.05) is 0 Å². The summed E-state index contributed by atoms with van der Waals surface area (Å²) in [6.45, 7) is 0. The van der Waals surface area contributed by atoms with Crippen molar-refractivity contribution >= 4 is 41.6 Å². The zero-order valence-corrected chi connectivity index (χ0v) is 10.4. The molecule has 16 heavy (non-hydrogen) atoms. The Morgan fingerprint density at radius 2 is 2.12 bits per heavy atom. The highest BCUT2D eigenvalue weighted by molar-refractivity contribution is 6.28. The van der Waals surface area contributed by atoms with Gasteiger partial charge < -0.3 is 5.11 Å². The lowest BCUT2D eigenvalue weighted by Crippen LogP contribution is -2.41. The molecule has 88 valence electrons. The second-order valence-electron chi connectivity index (χ2n) is 3.32. The summed E-state index contributed by atoms with van der Waals surface area (Å²) in [5, 5.41) is 11.8. The highest BCUT2D eigenvalue weighted by Gasteiger charge is 2.33. The van der Waals surface area contributed by atoms with E-state index in [1.165, 1.54) is 0 Å². The number of nitrogens with one attached hydrogen (secondary N) is 1. The molecule has 0 spiro atoms. The molecular formula is C10H10Cl3NO2. The number of carboxylic acid groups (broad SMARTS) is 1. The molecule has 2 aliphatic rings. The molecule has 1 aliphatic heterocycles. The van der Waals surface area contributed by atoms with Crippen molar-refractivity contribution in [2.24, 2.45) is 0 Å². The number of fused-ring (bicyclic) bond motifs is 1. The fourth-order valence-electron chi connectivity index (χ4n) is 1.73. The van der Waals surface area contributed by atoms with Crippen LogP contribution in [-0.2, 0) is 4.79 Å². The van der Waals surface area contributed by atoms with Crippen molar-refractivity contribution in [3.8, 4) is 0 Å². The van der Waals surface area contributed by atoms with Gasteiger partial charge in [0.25, 0.3) is 0 Å². The summed E-state index contributed by atoms with van der Waals surface area (Å²) >= 11 is 11.9. The normalized spacial score (nSPS) is 28.0. The molecule has 0 amide bonds. The highest BCUT2D eigenvalue weighted by Crippen LogP contribution is 2.33. The van der Waals surface area contributed by atoms with Crippen LogP contribution in [0.25, 0.3) is 0 Å². The zero-order chi connectivity index (χ0) is 11.0. The monoisotopic (exact) mass is 281 g/mol. The second kappa shape index (κ2) is 5.23. The molecule has 2 unspecified atom stereocenters. The van der Waals surface area contributed by atoms with E-state index in [2.05, 4.69) is 5.32 Å². The van der Waals surface area contributed by atoms with Crippen molar-refractivity contribution in [1.82, 2.24) is 5.32 Å². The van der Waals surface area contributed by atoms with Crippen LogP contribution in [0.4, 0.5) is 0 Å². The average molecular weight is 283 g/mol. The third-order valence-corrected chi connectivity index (χ3v) is 3.11. The van der Waals surface area contributed by atoms with E-state index in [1.54, 1.807) is 6.08 Å². The Balaban J connectivity index is 0.00000128. The standard InChI is InChI=1S/C10H9Cl2NO2.ClH/c11-8-6-4-2-1-3-5(6)7(10(14)15)9(12)13-8;/h1,3-4,8-9,13H,2H2,(H,14,15);1H. The fraction of sp³-hybridized carbons (Fsp3) is 0.300. The van der Waals surface area contributed by atoms with E-state index >= 15 is 0 Å². The zero-order valence-electron chi connectivity index (χ0n) is 8.11. The Hall–Kier alpha value is -0.480. The Kier molecular flexibility index (Phi) is 4.44. The first-order valence-corrected chi connectivity index (χ1v) is 5.37. The van der Waals surface area contributed by atoms with E-state index in [0.29, 0.717) is 5.57 Å². The van der Waals surface area contributed by atoms with Crippen molar-refractivity contribution < 1.29 is 9.90 Å². The number of rotatable bonds is 1. The maximum atomic E-state index is 11.0. The van der Waals surface area contributed by atoms with E-state index < -0.39 is 17.0 Å². The van der Waals surface area contributed by atoms with Gasteiger partial charge in [-0.2, -0.15) is 0 Å². The van der Waals surface area contributed by atoms with Crippen LogP contribution in [-0.4, -0.2) is 22.1 Å². The number of hydrogen-bond donors (Lipinski definition) is 2. The smallest absolute Gasteiger partial charge is 0.335 e. The number of carboxylic acids is 1. The maximum absolute atomic E-state index is 11.0. The largest absolute Gasteiger partial charge is 0.478 e. The van der Waals surface area contributed by atoms with Crippen molar-refractivity contribution in [3.05, 3.63) is 34.9 Å². The third-order valence-electron chi connectivity index (χ3n) is 2.41. The summed E-state index contributed by atoms with van der Waals surface area (Å²) in [5.74, 6) is -1.02. The summed E-state index contributed by atoms with van der Waals surface area (Å²) in [6.07, 6.45) is 6.33. The molecule has 0 saturated heterocycles. The van der Waals surface area contributed by atoms with Crippen LogP contribution in [0.1, 0.15) is 6.42 Å². The first-order valence-electron chi connectivity index (χ1n) is 4.50. The number of allylic oxidation sites excluding steroid dienone is 3. The molecule has 0 aromatic carbocycles. The van der Waals surface area contributed by atoms with Gasteiger partial charge in [-0.05, 0) is 17.6 Å². The Labute approximate surface area is 109 Å². The van der Waals surface area contributed by atoms with Crippen molar-refractivity contribution in [3.63, 3.8) is 0 Å². The lowest BCUT2D eigenvalue weighted by molar-refractivity contribution is -0.132. The minimum atomic E-state index is -1.02. The number of aliphatic carboxylic acids is 1. The van der Waals surface area contributed by atoms with E-state index in [4.69, 9.17) is 28.3 Å². The van der Waals surface area contributed by atoms with Crippen molar-refractivity contribution in [2.75, 3.05) is 0 Å². The molecule has 3 nitrogen and oxygen atoms in total. The molecule has 1 heterocycles. The quantitative estimate of drug-likeness (QED) is 0.573. The topological polar surface area (TPSA) is 49.3 Å². The highest BCUT2D eigenvalue weighted by atomic mass is 35.5. The molecule has 2 atom stereocenters. The fourth-order valence-corrected chi connectivity index (χ4v) is 2.47. The summed E-state index contributed by atoms with van der Waals surface area (Å²) < 4.78 is 0. The molecule has 2 N–H and O–H groups in total. The summed E-state index contributed by atoms with van der Waals surface area (Å²) in [6, 6.07) is 0. The minimum absolute atomic E-state index is 0. The molecule has 0 fully saturated rings. The van der Waals surface area contributed by atoms with Crippen LogP contribution in [0.5, 0.6) is 0 Å². The second-order valence-corrected chi connectivity index (χ2v) is 4.19. The molecule has 0 aromatic rings. The molecule has 0 aromatic heterocycles. The Morgan fingerprint density at radius 3 is 2.75 bits per heavy atom. The summed E-state index contributed by atoms with van der Waals surface area (Å²) in [5.41, 5.74) is 0.423. The first kappa shape index (κ1) is 13.6. The van der Waals surface area contributed by atoms with Gasteiger partial charge in [-0.15, -0.1) is 35.6 Å². The van der Waals surface area contributed by atoms with Crippen molar-refractivity contribution in [2.45, 2.75) is 17.4 Å². The minimum Gasteiger partial charge on any atom is -0.478 e. The molecule has 2 rings (SSSR count). The molecule has 0 radical (unpaired) electrons. The van der Waals surface area contributed by atoms with Gasteiger partial charge in [-0.1, -0.05) is 18.2 Å². The summed E-state index contributed by atoms with van der Waals surface area (Å²) in [7, 11) is 0. The molecule has 1 aliphatic carbocycles. The number of alkyl halides is 2. The third kappa shape index (κ3) is 2.28. The van der Waals surface area contributed by atoms with Crippen LogP contribution in [0.2, 0.25) is 0 Å². The number of carbonyl (C=O) groups is 1. The van der Waals surface area contributed by atoms with Gasteiger partial charge in [-0.25, -0.2) is 4.79 Å². The van der Waals surface area contributed by atoms with Gasteiger partial charge in [-0.3, -0.25) is 5.32 Å². The van der Waals surface area contributed by atoms with Gasteiger partial charge in [0.05, 0.1) is 5.57 Å². The SMILES string of the molecule is Cl.O=C(O)C1=C2C=CCC=C2C(Cl)NC1Cl. The van der Waals surface area contributed by atoms with Crippen LogP contribution in [0.3, 0.4) is 0 Å². The van der Waals surface area contributed by atoms with E-state index in [-0.39, 0.29) is 18.0 Å². The lowest BCUT2D eigenvalue weighted by atomic mass is 9.91. The van der Waals surface area contributed by atoms with Gasteiger partial charge >= 0.3 is 5.97 Å². The first-order chi connectivity index (χ1) is 7.11. The predicted octanol–water partition coefficient (Wildman–Crippen LogP) is 2.41. The van der Waals surface area contributed by atoms with Crippen LogP contribution in [0.15, 0.2) is 34.9 Å². The van der Waals surface area contributed by atoms with Gasteiger partial charge in [0.1, 0.15) is 11.0 Å². The Bertz CT molecular complexity index is 401. The van der Waals surface area contributed by atoms with Crippen LogP contribution >= 0.6 is 35.6 Å². The van der Waals surface area contributed by atoms with Crippen LogP contribution in [0, 0.1) is 0 Å². The summed E-state index contributed by atoms with van der Waals surface area (Å²) in [4.78, 5) is 11.0. The van der Waals surface area contributed by atoms with E-state index in [9.17, 15) is 4.79 Å². The maximum Gasteiger partial charge on any atom is 0.335 e. The van der Waals surface area contributed by atoms with Gasteiger partial charge in [0.15, 0.2) is 0 Å².